The SMILES string of the molecule is CC.CC.CC.CC#CC.CN=NC.C[C-]=NN=C(C)C.Cc1ccc(C)cc1.Cc1ccc(C)cc1.Cc1ccc(C)cc1.[Yb]. The molecular weight excluding hydrogens is 722 g/mol. The van der Waals surface area contributed by atoms with Gasteiger partial charge < -0.3 is 11.3 Å². The maximum absolute atomic E-state index is 3.67. The molecule has 0 aliphatic rings. The standard InChI is InChI=1S/3C8H10.C5H9N2.C4H6.C2H6N2.3C2H6.Yb/c3*1-7-3-5-8(2)6-4-7;1-4-6-7-5(2)3;2*1-3-4-2;3*1-2;/h3*3-6H,1-2H3;1-3H3;2*1-2H3;3*1-2H3;/q;;;-1;;;;;;. The molecule has 0 atom stereocenters. The summed E-state index contributed by atoms with van der Waals surface area (Å²) in [6.07, 6.45) is 2.54. The van der Waals surface area contributed by atoms with Crippen molar-refractivity contribution in [3.05, 3.63) is 106 Å². The fourth-order valence-electron chi connectivity index (χ4n) is 2.06. The van der Waals surface area contributed by atoms with Crippen LogP contribution in [0.5, 0.6) is 0 Å². The molecule has 0 amide bonds. The summed E-state index contributed by atoms with van der Waals surface area (Å²) in [6.45, 7) is 33.7. The predicted octanol–water partition coefficient (Wildman–Crippen LogP) is 13.1. The van der Waals surface area contributed by atoms with Gasteiger partial charge in [-0.25, -0.2) is 0 Å². The third-order valence-electron chi connectivity index (χ3n) is 4.45. The molecule has 5 heteroatoms. The van der Waals surface area contributed by atoms with Gasteiger partial charge in [0.25, 0.3) is 0 Å². The van der Waals surface area contributed by atoms with Gasteiger partial charge in [0.05, 0.1) is 0 Å². The van der Waals surface area contributed by atoms with Gasteiger partial charge in [0.1, 0.15) is 0 Å². The molecule has 0 bridgehead atoms. The quantitative estimate of drug-likeness (QED) is 0.0775. The summed E-state index contributed by atoms with van der Waals surface area (Å²) in [5.41, 5.74) is 8.93. The van der Waals surface area contributed by atoms with E-state index in [0.29, 0.717) is 0 Å². The Morgan fingerprint density at radius 1 is 0.478 bits per heavy atom. The molecule has 3 rings (SSSR count). The molecular formula is C41H69N4Yb-. The van der Waals surface area contributed by atoms with E-state index in [9.17, 15) is 0 Å². The van der Waals surface area contributed by atoms with E-state index >= 15 is 0 Å². The van der Waals surface area contributed by atoms with Crippen LogP contribution >= 0.6 is 0 Å². The van der Waals surface area contributed by atoms with E-state index in [1.165, 1.54) is 33.4 Å². The Morgan fingerprint density at radius 2 is 0.652 bits per heavy atom. The van der Waals surface area contributed by atoms with Gasteiger partial charge in [-0.3, -0.25) is 0 Å². The van der Waals surface area contributed by atoms with Gasteiger partial charge in [-0.2, -0.15) is 22.3 Å². The summed E-state index contributed by atoms with van der Waals surface area (Å²) >= 11 is 0. The zero-order chi connectivity index (χ0) is 36.5. The van der Waals surface area contributed by atoms with Crippen molar-refractivity contribution in [2.45, 2.75) is 118 Å². The van der Waals surface area contributed by atoms with E-state index in [4.69, 9.17) is 0 Å². The molecule has 4 nitrogen and oxygen atoms in total. The number of azo groups is 1. The van der Waals surface area contributed by atoms with Crippen LogP contribution in [0.3, 0.4) is 0 Å². The van der Waals surface area contributed by atoms with Gasteiger partial charge in [0.2, 0.25) is 0 Å². The van der Waals surface area contributed by atoms with Gasteiger partial charge in [-0.05, 0) is 69.2 Å². The van der Waals surface area contributed by atoms with Crippen molar-refractivity contribution in [3.63, 3.8) is 0 Å². The summed E-state index contributed by atoms with van der Waals surface area (Å²) in [5.74, 6) is 5.36. The molecule has 0 saturated carbocycles. The number of hydrogen-bond donors (Lipinski definition) is 0. The average Bonchev–Trinajstić information content (AvgIpc) is 3.08. The van der Waals surface area contributed by atoms with E-state index in [0.717, 1.165) is 5.71 Å². The topological polar surface area (TPSA) is 49.4 Å². The third-order valence-corrected chi connectivity index (χ3v) is 4.45. The summed E-state index contributed by atoms with van der Waals surface area (Å²) in [7, 11) is 3.28. The number of aryl methyl sites for hydroxylation is 6. The molecule has 0 aliphatic carbocycles. The van der Waals surface area contributed by atoms with E-state index in [1.807, 2.05) is 69.2 Å². The summed E-state index contributed by atoms with van der Waals surface area (Å²) in [4.78, 5) is 0. The monoisotopic (exact) mass is 791 g/mol. The van der Waals surface area contributed by atoms with Gasteiger partial charge in [-0.1, -0.05) is 148 Å². The Kier molecular flexibility index (Phi) is 67.1. The van der Waals surface area contributed by atoms with Crippen LogP contribution in [-0.2, 0) is 0 Å². The van der Waals surface area contributed by atoms with Crippen LogP contribution in [0.15, 0.2) is 93.2 Å². The fourth-order valence-corrected chi connectivity index (χ4v) is 2.06. The molecule has 3 aromatic rings. The smallest absolute Gasteiger partial charge is 0.0487 e. The Labute approximate surface area is 326 Å². The minimum absolute atomic E-state index is 0. The van der Waals surface area contributed by atoms with Crippen molar-refractivity contribution < 1.29 is 46.9 Å². The van der Waals surface area contributed by atoms with Gasteiger partial charge >= 0.3 is 0 Å². The molecule has 0 spiro atoms. The number of benzene rings is 3. The molecule has 0 saturated heterocycles. The third kappa shape index (κ3) is 60.8. The van der Waals surface area contributed by atoms with Crippen LogP contribution in [0.2, 0.25) is 0 Å². The van der Waals surface area contributed by atoms with E-state index in [-0.39, 0.29) is 46.9 Å². The molecule has 0 N–H and O–H groups in total. The maximum atomic E-state index is 3.67. The first kappa shape index (κ1) is 59.1. The zero-order valence-electron chi connectivity index (χ0n) is 33.0. The Bertz CT molecular complexity index is 922. The molecule has 0 heterocycles. The van der Waals surface area contributed by atoms with Crippen molar-refractivity contribution in [1.29, 1.82) is 0 Å². The molecule has 0 unspecified atom stereocenters. The zero-order valence-corrected chi connectivity index (χ0v) is 34.7. The van der Waals surface area contributed by atoms with Crippen LogP contribution in [0, 0.1) is 100 Å². The molecule has 46 heavy (non-hydrogen) atoms. The number of rotatable bonds is 1. The molecule has 268 valence electrons. The summed E-state index contributed by atoms with van der Waals surface area (Å²) < 4.78 is 0. The van der Waals surface area contributed by atoms with Crippen LogP contribution in [-0.4, -0.2) is 26.0 Å². The van der Waals surface area contributed by atoms with Crippen LogP contribution in [0.1, 0.15) is 110 Å². The first-order valence-corrected chi connectivity index (χ1v) is 16.0. The van der Waals surface area contributed by atoms with Crippen molar-refractivity contribution >= 4 is 11.9 Å². The summed E-state index contributed by atoms with van der Waals surface area (Å²) in [5, 5.41) is 13.9. The maximum Gasteiger partial charge on any atom is 0.0487 e. The van der Waals surface area contributed by atoms with E-state index in [2.05, 4.69) is 153 Å². The molecule has 0 aromatic heterocycles. The van der Waals surface area contributed by atoms with Gasteiger partial charge in [0.15, 0.2) is 0 Å². The Hall–Kier alpha value is -2.32. The van der Waals surface area contributed by atoms with E-state index < -0.39 is 0 Å². The van der Waals surface area contributed by atoms with Gasteiger partial charge in [-0.15, -0.1) is 11.8 Å². The van der Waals surface area contributed by atoms with Crippen molar-refractivity contribution in [2.75, 3.05) is 14.1 Å². The van der Waals surface area contributed by atoms with Crippen molar-refractivity contribution in [2.24, 2.45) is 20.4 Å². The molecule has 3 aromatic carbocycles. The van der Waals surface area contributed by atoms with Crippen LogP contribution in [0.4, 0.5) is 0 Å². The normalized spacial score (nSPS) is 7.80. The minimum Gasteiger partial charge on any atom is -0.376 e. The van der Waals surface area contributed by atoms with Gasteiger partial charge in [0, 0.05) is 66.7 Å². The average molecular weight is 791 g/mol. The minimum atomic E-state index is 0. The summed E-state index contributed by atoms with van der Waals surface area (Å²) in [6, 6.07) is 25.4. The van der Waals surface area contributed by atoms with E-state index in [1.54, 1.807) is 21.0 Å². The Balaban J connectivity index is -0.0000000777. The first-order valence-electron chi connectivity index (χ1n) is 16.0. The largest absolute Gasteiger partial charge is 0.376 e. The van der Waals surface area contributed by atoms with Crippen LogP contribution in [0.25, 0.3) is 0 Å². The van der Waals surface area contributed by atoms with Crippen LogP contribution < -0.4 is 0 Å². The van der Waals surface area contributed by atoms with Crippen molar-refractivity contribution in [3.8, 4) is 11.8 Å². The molecule has 0 fully saturated rings. The first-order chi connectivity index (χ1) is 21.5. The second-order valence-electron chi connectivity index (χ2n) is 8.73. The fraction of sp³-hybridized carbons (Fsp3) is 0.463. The molecule has 0 aliphatic heterocycles. The second kappa shape index (κ2) is 52.2. The number of hydrogen-bond acceptors (Lipinski definition) is 4. The molecule has 0 radical (unpaired) electrons. The number of nitrogens with zero attached hydrogens (tertiary/aromatic N) is 4. The second-order valence-corrected chi connectivity index (χ2v) is 8.73. The predicted molar refractivity (Wildman–Crippen MR) is 210 cm³/mol. The Morgan fingerprint density at radius 3 is 0.717 bits per heavy atom. The van der Waals surface area contributed by atoms with Crippen molar-refractivity contribution in [1.82, 2.24) is 0 Å².